The number of nitrogens with one attached hydrogen (secondary N) is 2. The van der Waals surface area contributed by atoms with Crippen molar-refractivity contribution in [2.45, 2.75) is 40.3 Å². The molecule has 0 saturated heterocycles. The monoisotopic (exact) mass is 446 g/mol. The highest BCUT2D eigenvalue weighted by atomic mass is 32.1. The third kappa shape index (κ3) is 5.47. The number of rotatable bonds is 7. The number of hydrogen-bond acceptors (Lipinski definition) is 5. The Morgan fingerprint density at radius 1 is 1.23 bits per heavy atom. The number of esters is 1. The van der Waals surface area contributed by atoms with Crippen molar-refractivity contribution in [3.05, 3.63) is 50.5 Å². The highest BCUT2D eigenvalue weighted by Gasteiger charge is 2.21. The van der Waals surface area contributed by atoms with Crippen molar-refractivity contribution in [2.24, 2.45) is 4.99 Å². The average molecular weight is 446 g/mol. The van der Waals surface area contributed by atoms with Gasteiger partial charge in [0, 0.05) is 12.6 Å². The summed E-state index contributed by atoms with van der Waals surface area (Å²) in [5.74, 6) is -6.28. The molecule has 2 rings (SSSR count). The van der Waals surface area contributed by atoms with E-state index in [0.717, 1.165) is 11.3 Å². The summed E-state index contributed by atoms with van der Waals surface area (Å²) < 4.78 is 59.4. The van der Waals surface area contributed by atoms with E-state index < -0.39 is 47.4 Å². The molecule has 2 aromatic rings. The summed E-state index contributed by atoms with van der Waals surface area (Å²) in [7, 11) is 0. The first-order valence-electron chi connectivity index (χ1n) is 9.20. The Morgan fingerprint density at radius 2 is 1.87 bits per heavy atom. The van der Waals surface area contributed by atoms with E-state index in [-0.39, 0.29) is 18.6 Å². The fourth-order valence-corrected chi connectivity index (χ4v) is 3.46. The van der Waals surface area contributed by atoms with E-state index in [0.29, 0.717) is 22.1 Å². The molecular formula is C19H22F4N4O2S. The number of guanidine groups is 1. The number of ether oxygens (including phenoxy) is 1. The van der Waals surface area contributed by atoms with Crippen molar-refractivity contribution in [2.75, 3.05) is 13.2 Å². The van der Waals surface area contributed by atoms with Crippen molar-refractivity contribution in [1.82, 2.24) is 15.6 Å². The van der Waals surface area contributed by atoms with Crippen LogP contribution in [0.25, 0.3) is 0 Å². The summed E-state index contributed by atoms with van der Waals surface area (Å²) in [4.78, 5) is 20.7. The molecule has 1 unspecified atom stereocenters. The summed E-state index contributed by atoms with van der Waals surface area (Å²) >= 11 is 1.15. The van der Waals surface area contributed by atoms with Crippen LogP contribution in [0.3, 0.4) is 0 Å². The lowest BCUT2D eigenvalue weighted by atomic mass is 10.2. The first kappa shape index (κ1) is 23.6. The van der Waals surface area contributed by atoms with Gasteiger partial charge in [0.1, 0.15) is 9.88 Å². The van der Waals surface area contributed by atoms with Gasteiger partial charge in [0.25, 0.3) is 0 Å². The van der Waals surface area contributed by atoms with Crippen LogP contribution < -0.4 is 10.6 Å². The molecule has 0 fully saturated rings. The minimum Gasteiger partial charge on any atom is -0.462 e. The second kappa shape index (κ2) is 10.4. The van der Waals surface area contributed by atoms with Gasteiger partial charge in [-0.15, -0.1) is 11.3 Å². The number of benzene rings is 1. The molecular weight excluding hydrogens is 424 g/mol. The maximum Gasteiger partial charge on any atom is 0.350 e. The predicted molar refractivity (Wildman–Crippen MR) is 105 cm³/mol. The molecule has 1 aromatic heterocycles. The van der Waals surface area contributed by atoms with Gasteiger partial charge in [-0.2, -0.15) is 0 Å². The van der Waals surface area contributed by atoms with E-state index in [1.54, 1.807) is 27.7 Å². The largest absolute Gasteiger partial charge is 0.462 e. The Bertz CT molecular complexity index is 923. The quantitative estimate of drug-likeness (QED) is 0.221. The van der Waals surface area contributed by atoms with Crippen molar-refractivity contribution >= 4 is 23.3 Å². The molecule has 1 atom stereocenters. The van der Waals surface area contributed by atoms with Crippen LogP contribution in [-0.4, -0.2) is 30.1 Å². The molecule has 164 valence electrons. The van der Waals surface area contributed by atoms with E-state index in [4.69, 9.17) is 4.74 Å². The Balaban J connectivity index is 2.22. The van der Waals surface area contributed by atoms with E-state index in [1.807, 2.05) is 0 Å². The first-order chi connectivity index (χ1) is 14.2. The van der Waals surface area contributed by atoms with Crippen molar-refractivity contribution in [3.63, 3.8) is 0 Å². The van der Waals surface area contributed by atoms with Crippen LogP contribution in [0.15, 0.2) is 11.1 Å². The number of halogens is 4. The third-order valence-corrected chi connectivity index (χ3v) is 5.26. The molecule has 0 saturated carbocycles. The molecule has 6 nitrogen and oxygen atoms in total. The van der Waals surface area contributed by atoms with Crippen LogP contribution in [0.4, 0.5) is 17.6 Å². The summed E-state index contributed by atoms with van der Waals surface area (Å²) in [6.45, 7) is 6.95. The Hall–Kier alpha value is -2.69. The summed E-state index contributed by atoms with van der Waals surface area (Å²) in [5.41, 5.74) is -0.296. The number of aryl methyl sites for hydroxylation is 1. The van der Waals surface area contributed by atoms with Gasteiger partial charge in [0.05, 0.1) is 30.5 Å². The normalized spacial score (nSPS) is 12.6. The summed E-state index contributed by atoms with van der Waals surface area (Å²) in [6.07, 6.45) is 0. The molecule has 0 bridgehead atoms. The minimum atomic E-state index is -1.49. The van der Waals surface area contributed by atoms with Crippen LogP contribution in [0.1, 0.15) is 52.7 Å². The number of carbonyl (C=O) groups excluding carboxylic acids is 1. The van der Waals surface area contributed by atoms with Crippen LogP contribution >= 0.6 is 11.3 Å². The van der Waals surface area contributed by atoms with Gasteiger partial charge in [0.2, 0.25) is 0 Å². The standard InChI is InChI=1S/C19H22F4N4O2S/c1-5-24-19(25-8-11-14(22)12(20)7-13(21)15(11)23)27-10(4)17-26-9(3)16(30-17)18(28)29-6-2/h7,10H,5-6,8H2,1-4H3,(H2,24,25,27). The number of carbonyl (C=O) groups is 1. The van der Waals surface area contributed by atoms with Crippen LogP contribution in [0.5, 0.6) is 0 Å². The third-order valence-electron chi connectivity index (χ3n) is 3.94. The Kier molecular flexibility index (Phi) is 8.16. The molecule has 0 aliphatic heterocycles. The van der Waals surface area contributed by atoms with Gasteiger partial charge in [-0.3, -0.25) is 0 Å². The SMILES string of the molecule is CCNC(=NCc1c(F)c(F)cc(F)c1F)NC(C)c1nc(C)c(C(=O)OCC)s1. The lowest BCUT2D eigenvalue weighted by molar-refractivity contribution is 0.0531. The molecule has 0 radical (unpaired) electrons. The molecule has 0 spiro atoms. The Morgan fingerprint density at radius 3 is 2.43 bits per heavy atom. The second-order valence-electron chi connectivity index (χ2n) is 6.20. The van der Waals surface area contributed by atoms with Gasteiger partial charge < -0.3 is 15.4 Å². The smallest absolute Gasteiger partial charge is 0.350 e. The van der Waals surface area contributed by atoms with Crippen LogP contribution in [0.2, 0.25) is 0 Å². The van der Waals surface area contributed by atoms with Gasteiger partial charge in [-0.25, -0.2) is 32.3 Å². The summed E-state index contributed by atoms with van der Waals surface area (Å²) in [5, 5.41) is 6.43. The van der Waals surface area contributed by atoms with Gasteiger partial charge in [-0.1, -0.05) is 0 Å². The molecule has 1 aromatic carbocycles. The lowest BCUT2D eigenvalue weighted by Crippen LogP contribution is -2.38. The van der Waals surface area contributed by atoms with Crippen molar-refractivity contribution in [1.29, 1.82) is 0 Å². The molecule has 30 heavy (non-hydrogen) atoms. The lowest BCUT2D eigenvalue weighted by Gasteiger charge is -2.16. The topological polar surface area (TPSA) is 75.6 Å². The van der Waals surface area contributed by atoms with Gasteiger partial charge in [0.15, 0.2) is 29.2 Å². The van der Waals surface area contributed by atoms with Crippen molar-refractivity contribution < 1.29 is 27.1 Å². The molecule has 11 heteroatoms. The van der Waals surface area contributed by atoms with Gasteiger partial charge >= 0.3 is 5.97 Å². The van der Waals surface area contributed by atoms with E-state index in [9.17, 15) is 22.4 Å². The molecule has 1 heterocycles. The second-order valence-corrected chi connectivity index (χ2v) is 7.23. The van der Waals surface area contributed by atoms with Crippen LogP contribution in [0, 0.1) is 30.2 Å². The summed E-state index contributed by atoms with van der Waals surface area (Å²) in [6, 6.07) is -0.274. The predicted octanol–water partition coefficient (Wildman–Crippen LogP) is 4.00. The number of hydrogen-bond donors (Lipinski definition) is 2. The Labute approximate surface area is 175 Å². The average Bonchev–Trinajstić information content (AvgIpc) is 3.08. The van der Waals surface area contributed by atoms with Crippen molar-refractivity contribution in [3.8, 4) is 0 Å². The number of nitrogens with zero attached hydrogens (tertiary/aromatic N) is 2. The van der Waals surface area contributed by atoms with Crippen LogP contribution in [-0.2, 0) is 11.3 Å². The molecule has 2 N–H and O–H groups in total. The van der Waals surface area contributed by atoms with E-state index >= 15 is 0 Å². The fraction of sp³-hybridized carbons (Fsp3) is 0.421. The highest BCUT2D eigenvalue weighted by molar-refractivity contribution is 7.13. The zero-order chi connectivity index (χ0) is 22.4. The maximum atomic E-state index is 13.8. The van der Waals surface area contributed by atoms with E-state index in [2.05, 4.69) is 20.6 Å². The molecule has 0 aliphatic rings. The minimum absolute atomic E-state index is 0.148. The number of thiazole rings is 1. The maximum absolute atomic E-state index is 13.8. The molecule has 0 amide bonds. The molecule has 0 aliphatic carbocycles. The zero-order valence-corrected chi connectivity index (χ0v) is 17.7. The highest BCUT2D eigenvalue weighted by Crippen LogP contribution is 2.24. The zero-order valence-electron chi connectivity index (χ0n) is 16.9. The van der Waals surface area contributed by atoms with E-state index in [1.165, 1.54) is 0 Å². The first-order valence-corrected chi connectivity index (χ1v) is 10.0. The van der Waals surface area contributed by atoms with Gasteiger partial charge in [-0.05, 0) is 27.7 Å². The fourth-order valence-electron chi connectivity index (χ4n) is 2.49. The number of aliphatic imine (C=N–C) groups is 1. The number of aromatic nitrogens is 1.